The number of hydrogen-bond donors (Lipinski definition) is 2. The number of piperidine rings is 1. The van der Waals surface area contributed by atoms with Crippen LogP contribution in [0.15, 0.2) is 0 Å². The first kappa shape index (κ1) is 19.7. The van der Waals surface area contributed by atoms with Gasteiger partial charge in [0.2, 0.25) is 5.91 Å². The van der Waals surface area contributed by atoms with E-state index in [1.165, 1.54) is 25.7 Å². The highest BCUT2D eigenvalue weighted by Gasteiger charge is 2.33. The quantitative estimate of drug-likeness (QED) is 0.753. The first-order valence-corrected chi connectivity index (χ1v) is 8.62. The Morgan fingerprint density at radius 3 is 2.55 bits per heavy atom. The molecule has 1 aliphatic heterocycles. The lowest BCUT2D eigenvalue weighted by Crippen LogP contribution is -2.48. The van der Waals surface area contributed by atoms with E-state index in [9.17, 15) is 4.79 Å². The van der Waals surface area contributed by atoms with E-state index < -0.39 is 0 Å². The minimum Gasteiger partial charge on any atom is -0.384 e. The molecule has 0 aromatic carbocycles. The molecule has 0 spiro atoms. The Morgan fingerprint density at radius 1 is 1.32 bits per heavy atom. The molecule has 5 heteroatoms. The van der Waals surface area contributed by atoms with Gasteiger partial charge in [-0.1, -0.05) is 32.6 Å². The third kappa shape index (κ3) is 5.71. The van der Waals surface area contributed by atoms with Crippen molar-refractivity contribution in [2.75, 3.05) is 33.4 Å². The second-order valence-corrected chi connectivity index (χ2v) is 7.19. The molecule has 1 amide bonds. The molecule has 0 aromatic rings. The van der Waals surface area contributed by atoms with Crippen molar-refractivity contribution in [1.82, 2.24) is 10.6 Å². The van der Waals surface area contributed by atoms with E-state index in [1.807, 2.05) is 0 Å². The van der Waals surface area contributed by atoms with Crippen molar-refractivity contribution in [3.63, 3.8) is 0 Å². The predicted molar refractivity (Wildman–Crippen MR) is 92.4 cm³/mol. The van der Waals surface area contributed by atoms with Crippen molar-refractivity contribution in [2.24, 2.45) is 17.3 Å². The molecule has 1 saturated heterocycles. The van der Waals surface area contributed by atoms with Gasteiger partial charge in [-0.15, -0.1) is 12.4 Å². The molecular weight excluding hydrogens is 300 g/mol. The van der Waals surface area contributed by atoms with Crippen LogP contribution in [0.25, 0.3) is 0 Å². The third-order valence-corrected chi connectivity index (χ3v) is 5.36. The van der Waals surface area contributed by atoms with Crippen LogP contribution in [0.3, 0.4) is 0 Å². The molecule has 1 aliphatic carbocycles. The Kier molecular flexibility index (Phi) is 8.73. The van der Waals surface area contributed by atoms with Gasteiger partial charge in [0.15, 0.2) is 0 Å². The normalized spacial score (nSPS) is 22.8. The highest BCUT2D eigenvalue weighted by Crippen LogP contribution is 2.31. The summed E-state index contributed by atoms with van der Waals surface area (Å²) in [6.45, 7) is 5.63. The molecule has 0 bridgehead atoms. The SMILES string of the molecule is COCC1(CNC(=O)C(C)CC2CCCC2)CCNCC1.Cl. The number of ether oxygens (including phenoxy) is 1. The summed E-state index contributed by atoms with van der Waals surface area (Å²) in [4.78, 5) is 12.4. The molecule has 1 unspecified atom stereocenters. The third-order valence-electron chi connectivity index (χ3n) is 5.36. The number of halogens is 1. The van der Waals surface area contributed by atoms with Crippen molar-refractivity contribution in [1.29, 1.82) is 0 Å². The maximum absolute atomic E-state index is 12.4. The molecule has 0 aromatic heterocycles. The van der Waals surface area contributed by atoms with E-state index in [0.29, 0.717) is 0 Å². The molecule has 22 heavy (non-hydrogen) atoms. The predicted octanol–water partition coefficient (Wildman–Crippen LogP) is 2.76. The first-order valence-electron chi connectivity index (χ1n) is 8.62. The highest BCUT2D eigenvalue weighted by atomic mass is 35.5. The van der Waals surface area contributed by atoms with Gasteiger partial charge in [-0.2, -0.15) is 0 Å². The Bertz CT molecular complexity index is 321. The fraction of sp³-hybridized carbons (Fsp3) is 0.941. The molecule has 2 fully saturated rings. The zero-order chi connectivity index (χ0) is 15.1. The van der Waals surface area contributed by atoms with Crippen LogP contribution in [0.2, 0.25) is 0 Å². The van der Waals surface area contributed by atoms with Crippen molar-refractivity contribution < 1.29 is 9.53 Å². The zero-order valence-corrected chi connectivity index (χ0v) is 15.0. The molecule has 4 nitrogen and oxygen atoms in total. The lowest BCUT2D eigenvalue weighted by Gasteiger charge is -2.37. The van der Waals surface area contributed by atoms with Crippen LogP contribution in [-0.2, 0) is 9.53 Å². The van der Waals surface area contributed by atoms with E-state index in [1.54, 1.807) is 7.11 Å². The number of hydrogen-bond acceptors (Lipinski definition) is 3. The Hall–Kier alpha value is -0.320. The molecule has 1 saturated carbocycles. The van der Waals surface area contributed by atoms with E-state index in [0.717, 1.165) is 51.4 Å². The topological polar surface area (TPSA) is 50.4 Å². The van der Waals surface area contributed by atoms with Crippen molar-refractivity contribution in [3.8, 4) is 0 Å². The average Bonchev–Trinajstić information content (AvgIpc) is 2.99. The van der Waals surface area contributed by atoms with Crippen LogP contribution < -0.4 is 10.6 Å². The van der Waals surface area contributed by atoms with Crippen LogP contribution >= 0.6 is 12.4 Å². The summed E-state index contributed by atoms with van der Waals surface area (Å²) in [6, 6.07) is 0. The molecule has 0 radical (unpaired) electrons. The van der Waals surface area contributed by atoms with Gasteiger partial charge < -0.3 is 15.4 Å². The Labute approximate surface area is 141 Å². The minimum atomic E-state index is 0. The number of rotatable bonds is 7. The van der Waals surface area contributed by atoms with Gasteiger partial charge in [0.25, 0.3) is 0 Å². The van der Waals surface area contributed by atoms with Crippen LogP contribution in [0, 0.1) is 17.3 Å². The van der Waals surface area contributed by atoms with E-state index >= 15 is 0 Å². The molecule has 2 N–H and O–H groups in total. The van der Waals surface area contributed by atoms with Crippen LogP contribution in [0.5, 0.6) is 0 Å². The fourth-order valence-electron chi connectivity index (χ4n) is 3.94. The van der Waals surface area contributed by atoms with Gasteiger partial charge in [0, 0.05) is 25.0 Å². The summed E-state index contributed by atoms with van der Waals surface area (Å²) in [5, 5.41) is 6.59. The lowest BCUT2D eigenvalue weighted by atomic mass is 9.79. The zero-order valence-electron chi connectivity index (χ0n) is 14.2. The van der Waals surface area contributed by atoms with Gasteiger partial charge in [-0.3, -0.25) is 4.79 Å². The van der Waals surface area contributed by atoms with E-state index in [2.05, 4.69) is 17.6 Å². The van der Waals surface area contributed by atoms with Gasteiger partial charge in [-0.05, 0) is 38.3 Å². The smallest absolute Gasteiger partial charge is 0.222 e. The number of amides is 1. The number of carbonyl (C=O) groups is 1. The second kappa shape index (κ2) is 9.74. The number of nitrogens with one attached hydrogen (secondary N) is 2. The minimum absolute atomic E-state index is 0. The summed E-state index contributed by atoms with van der Waals surface area (Å²) in [7, 11) is 1.76. The van der Waals surface area contributed by atoms with E-state index in [4.69, 9.17) is 4.74 Å². The first-order chi connectivity index (χ1) is 10.2. The van der Waals surface area contributed by atoms with E-state index in [-0.39, 0.29) is 29.6 Å². The largest absolute Gasteiger partial charge is 0.384 e. The fourth-order valence-corrected chi connectivity index (χ4v) is 3.94. The Morgan fingerprint density at radius 2 is 1.95 bits per heavy atom. The van der Waals surface area contributed by atoms with Gasteiger partial charge in [-0.25, -0.2) is 0 Å². The molecule has 1 heterocycles. The van der Waals surface area contributed by atoms with Crippen molar-refractivity contribution >= 4 is 18.3 Å². The Balaban J connectivity index is 0.00000242. The monoisotopic (exact) mass is 332 g/mol. The summed E-state index contributed by atoms with van der Waals surface area (Å²) >= 11 is 0. The standard InChI is InChI=1S/C17H32N2O2.ClH/c1-14(11-15-5-3-4-6-15)16(20)19-12-17(13-21-2)7-9-18-10-8-17;/h14-15,18H,3-13H2,1-2H3,(H,19,20);1H. The maximum Gasteiger partial charge on any atom is 0.222 e. The van der Waals surface area contributed by atoms with Gasteiger partial charge in [0.05, 0.1) is 6.61 Å². The summed E-state index contributed by atoms with van der Waals surface area (Å²) < 4.78 is 5.41. The van der Waals surface area contributed by atoms with Gasteiger partial charge in [0.1, 0.15) is 0 Å². The maximum atomic E-state index is 12.4. The van der Waals surface area contributed by atoms with Gasteiger partial charge >= 0.3 is 0 Å². The average molecular weight is 333 g/mol. The lowest BCUT2D eigenvalue weighted by molar-refractivity contribution is -0.125. The molecular formula is C17H33ClN2O2. The van der Waals surface area contributed by atoms with Crippen LogP contribution in [0.4, 0.5) is 0 Å². The van der Waals surface area contributed by atoms with Crippen molar-refractivity contribution in [2.45, 2.75) is 51.9 Å². The molecule has 130 valence electrons. The van der Waals surface area contributed by atoms with Crippen LogP contribution in [-0.4, -0.2) is 39.3 Å². The summed E-state index contributed by atoms with van der Waals surface area (Å²) in [6.07, 6.45) is 8.56. The molecule has 2 rings (SSSR count). The van der Waals surface area contributed by atoms with Crippen LogP contribution in [0.1, 0.15) is 51.9 Å². The second-order valence-electron chi connectivity index (χ2n) is 7.19. The highest BCUT2D eigenvalue weighted by molar-refractivity contribution is 5.85. The number of carbonyl (C=O) groups excluding carboxylic acids is 1. The van der Waals surface area contributed by atoms with Crippen molar-refractivity contribution in [3.05, 3.63) is 0 Å². The number of methoxy groups -OCH3 is 1. The molecule has 1 atom stereocenters. The molecule has 2 aliphatic rings. The summed E-state index contributed by atoms with van der Waals surface area (Å²) in [5.74, 6) is 1.16. The summed E-state index contributed by atoms with van der Waals surface area (Å²) in [5.41, 5.74) is 0.128.